The molecule has 2 nitrogen and oxygen atoms in total. The van der Waals surface area contributed by atoms with Gasteiger partial charge in [0, 0.05) is 0 Å². The maximum absolute atomic E-state index is 9.72. The van der Waals surface area contributed by atoms with Crippen LogP contribution in [0.2, 0.25) is 0 Å². The normalized spacial score (nSPS) is 14.8. The van der Waals surface area contributed by atoms with Gasteiger partial charge in [-0.05, 0) is 19.8 Å². The molecule has 0 heterocycles. The summed E-state index contributed by atoms with van der Waals surface area (Å²) in [4.78, 5) is 0. The summed E-state index contributed by atoms with van der Waals surface area (Å²) in [6.07, 6.45) is 1.57. The van der Waals surface area contributed by atoms with Gasteiger partial charge in [-0.15, -0.1) is 6.58 Å². The molecule has 2 heteroatoms. The topological polar surface area (TPSA) is 29.5 Å². The van der Waals surface area contributed by atoms with Gasteiger partial charge < -0.3 is 9.84 Å². The van der Waals surface area contributed by atoms with Crippen molar-refractivity contribution in [2.24, 2.45) is 5.92 Å². The third-order valence-corrected chi connectivity index (χ3v) is 1.70. The van der Waals surface area contributed by atoms with Gasteiger partial charge in [0.25, 0.3) is 0 Å². The molecule has 1 N–H and O–H groups in total. The Balaban J connectivity index is 4.14. The standard InChI is InChI=1S/C10H20O2/c1-6-7-12-9(8(2)3)10(4,5)11/h6,8-9,11H,1,7H2,2-5H3/t9-/m0/s1. The zero-order valence-corrected chi connectivity index (χ0v) is 8.50. The van der Waals surface area contributed by atoms with Gasteiger partial charge in [0.1, 0.15) is 0 Å². The van der Waals surface area contributed by atoms with Crippen molar-refractivity contribution in [1.82, 2.24) is 0 Å². The molecule has 0 aromatic rings. The van der Waals surface area contributed by atoms with Crippen molar-refractivity contribution < 1.29 is 9.84 Å². The lowest BCUT2D eigenvalue weighted by atomic mass is 9.92. The monoisotopic (exact) mass is 172 g/mol. The third-order valence-electron chi connectivity index (χ3n) is 1.70. The zero-order valence-electron chi connectivity index (χ0n) is 8.50. The van der Waals surface area contributed by atoms with E-state index in [0.29, 0.717) is 12.5 Å². The van der Waals surface area contributed by atoms with E-state index < -0.39 is 5.60 Å². The predicted octanol–water partition coefficient (Wildman–Crippen LogP) is 1.98. The first-order chi connectivity index (χ1) is 5.39. The number of ether oxygens (including phenoxy) is 1. The van der Waals surface area contributed by atoms with Crippen molar-refractivity contribution in [2.45, 2.75) is 39.4 Å². The molecule has 0 saturated carbocycles. The minimum Gasteiger partial charge on any atom is -0.388 e. The molecule has 1 atom stereocenters. The summed E-state index contributed by atoms with van der Waals surface area (Å²) in [5.74, 6) is 0.310. The first-order valence-corrected chi connectivity index (χ1v) is 4.34. The van der Waals surface area contributed by atoms with Crippen LogP contribution in [0, 0.1) is 5.92 Å². The van der Waals surface area contributed by atoms with Crippen LogP contribution in [0.3, 0.4) is 0 Å². The van der Waals surface area contributed by atoms with E-state index in [1.54, 1.807) is 19.9 Å². The van der Waals surface area contributed by atoms with Crippen LogP contribution < -0.4 is 0 Å². The molecular formula is C10H20O2. The smallest absolute Gasteiger partial charge is 0.0883 e. The Hall–Kier alpha value is -0.340. The average Bonchev–Trinajstić information content (AvgIpc) is 1.84. The molecule has 12 heavy (non-hydrogen) atoms. The van der Waals surface area contributed by atoms with Crippen LogP contribution in [0.5, 0.6) is 0 Å². The number of hydrogen-bond donors (Lipinski definition) is 1. The second-order valence-electron chi connectivity index (χ2n) is 3.94. The Morgan fingerprint density at radius 2 is 2.00 bits per heavy atom. The highest BCUT2D eigenvalue weighted by atomic mass is 16.5. The lowest BCUT2D eigenvalue weighted by molar-refractivity contribution is -0.101. The lowest BCUT2D eigenvalue weighted by Crippen LogP contribution is -2.42. The number of rotatable bonds is 5. The van der Waals surface area contributed by atoms with Crippen LogP contribution in [0.4, 0.5) is 0 Å². The summed E-state index contributed by atoms with van der Waals surface area (Å²) >= 11 is 0. The fourth-order valence-corrected chi connectivity index (χ4v) is 1.38. The molecule has 0 aliphatic rings. The van der Waals surface area contributed by atoms with Gasteiger partial charge in [0.05, 0.1) is 18.3 Å². The van der Waals surface area contributed by atoms with Crippen LogP contribution in [-0.4, -0.2) is 23.4 Å². The SMILES string of the molecule is C=CCO[C@@H](C(C)C)C(C)(C)O. The van der Waals surface area contributed by atoms with Gasteiger partial charge >= 0.3 is 0 Å². The van der Waals surface area contributed by atoms with E-state index in [4.69, 9.17) is 4.74 Å². The van der Waals surface area contributed by atoms with Gasteiger partial charge in [-0.1, -0.05) is 19.9 Å². The number of hydrogen-bond acceptors (Lipinski definition) is 2. The molecule has 0 rings (SSSR count). The van der Waals surface area contributed by atoms with Crippen LogP contribution >= 0.6 is 0 Å². The summed E-state index contributed by atoms with van der Waals surface area (Å²) < 4.78 is 5.45. The highest BCUT2D eigenvalue weighted by molar-refractivity contribution is 4.82. The molecule has 0 unspecified atom stereocenters. The van der Waals surface area contributed by atoms with Crippen LogP contribution in [0.1, 0.15) is 27.7 Å². The van der Waals surface area contributed by atoms with Crippen molar-refractivity contribution in [1.29, 1.82) is 0 Å². The van der Waals surface area contributed by atoms with Crippen molar-refractivity contribution >= 4 is 0 Å². The molecular weight excluding hydrogens is 152 g/mol. The third kappa shape index (κ3) is 3.88. The van der Waals surface area contributed by atoms with Crippen molar-refractivity contribution in [3.05, 3.63) is 12.7 Å². The zero-order chi connectivity index (χ0) is 9.78. The molecule has 0 fully saturated rings. The van der Waals surface area contributed by atoms with E-state index in [0.717, 1.165) is 0 Å². The van der Waals surface area contributed by atoms with E-state index in [1.807, 2.05) is 13.8 Å². The first kappa shape index (κ1) is 11.7. The summed E-state index contributed by atoms with van der Waals surface area (Å²) in [6.45, 7) is 11.7. The van der Waals surface area contributed by atoms with E-state index in [-0.39, 0.29) is 6.10 Å². The van der Waals surface area contributed by atoms with E-state index in [1.165, 1.54) is 0 Å². The molecule has 0 amide bonds. The fraction of sp³-hybridized carbons (Fsp3) is 0.800. The molecule has 0 aromatic carbocycles. The summed E-state index contributed by atoms with van der Waals surface area (Å²) in [5, 5.41) is 9.72. The van der Waals surface area contributed by atoms with Crippen molar-refractivity contribution in [3.63, 3.8) is 0 Å². The molecule has 0 bridgehead atoms. The van der Waals surface area contributed by atoms with Gasteiger partial charge in [0.15, 0.2) is 0 Å². The van der Waals surface area contributed by atoms with Gasteiger partial charge in [-0.25, -0.2) is 0 Å². The fourth-order valence-electron chi connectivity index (χ4n) is 1.38. The molecule has 0 spiro atoms. The Labute approximate surface area is 75.2 Å². The Morgan fingerprint density at radius 3 is 2.25 bits per heavy atom. The highest BCUT2D eigenvalue weighted by Gasteiger charge is 2.29. The van der Waals surface area contributed by atoms with Crippen molar-refractivity contribution in [3.8, 4) is 0 Å². The lowest BCUT2D eigenvalue weighted by Gasteiger charge is -2.32. The largest absolute Gasteiger partial charge is 0.388 e. The molecule has 0 radical (unpaired) electrons. The maximum atomic E-state index is 9.72. The average molecular weight is 172 g/mol. The first-order valence-electron chi connectivity index (χ1n) is 4.34. The van der Waals surface area contributed by atoms with Crippen LogP contribution in [0.25, 0.3) is 0 Å². The van der Waals surface area contributed by atoms with E-state index in [9.17, 15) is 5.11 Å². The summed E-state index contributed by atoms with van der Waals surface area (Å²) in [6, 6.07) is 0. The number of aliphatic hydroxyl groups is 1. The molecule has 0 aliphatic carbocycles. The Bertz CT molecular complexity index is 133. The molecule has 0 saturated heterocycles. The van der Waals surface area contributed by atoms with Gasteiger partial charge in [-0.2, -0.15) is 0 Å². The maximum Gasteiger partial charge on any atom is 0.0883 e. The predicted molar refractivity (Wildman–Crippen MR) is 51.1 cm³/mol. The van der Waals surface area contributed by atoms with E-state index in [2.05, 4.69) is 6.58 Å². The molecule has 0 aliphatic heterocycles. The Kier molecular flexibility index (Phi) is 4.50. The second-order valence-corrected chi connectivity index (χ2v) is 3.94. The van der Waals surface area contributed by atoms with Gasteiger partial charge in [-0.3, -0.25) is 0 Å². The second kappa shape index (κ2) is 4.63. The summed E-state index contributed by atoms with van der Waals surface area (Å²) in [5.41, 5.74) is -0.781. The summed E-state index contributed by atoms with van der Waals surface area (Å²) in [7, 11) is 0. The highest BCUT2D eigenvalue weighted by Crippen LogP contribution is 2.20. The van der Waals surface area contributed by atoms with Crippen LogP contribution in [-0.2, 0) is 4.74 Å². The Morgan fingerprint density at radius 1 is 1.50 bits per heavy atom. The molecule has 72 valence electrons. The van der Waals surface area contributed by atoms with Crippen LogP contribution in [0.15, 0.2) is 12.7 Å². The van der Waals surface area contributed by atoms with Crippen molar-refractivity contribution in [2.75, 3.05) is 6.61 Å². The van der Waals surface area contributed by atoms with E-state index >= 15 is 0 Å². The quantitative estimate of drug-likeness (QED) is 0.643. The minimum absolute atomic E-state index is 0.129. The minimum atomic E-state index is -0.781. The van der Waals surface area contributed by atoms with Gasteiger partial charge in [0.2, 0.25) is 0 Å². The molecule has 0 aromatic heterocycles.